The normalized spacial score (nSPS) is 11.6. The number of pyridine rings is 3. The lowest BCUT2D eigenvalue weighted by Crippen LogP contribution is -2.29. The third-order valence-electron chi connectivity index (χ3n) is 4.09. The van der Waals surface area contributed by atoms with Gasteiger partial charge in [-0.2, -0.15) is 13.2 Å². The second kappa shape index (κ2) is 6.51. The molecule has 146 valence electrons. The van der Waals surface area contributed by atoms with Crippen molar-refractivity contribution in [3.63, 3.8) is 0 Å². The number of hydrogen-bond acceptors (Lipinski definition) is 7. The summed E-state index contributed by atoms with van der Waals surface area (Å²) in [6.45, 7) is 1.58. The van der Waals surface area contributed by atoms with Crippen molar-refractivity contribution in [2.24, 2.45) is 0 Å². The van der Waals surface area contributed by atoms with Crippen LogP contribution in [0.2, 0.25) is 0 Å². The summed E-state index contributed by atoms with van der Waals surface area (Å²) in [6, 6.07) is 3.18. The SMILES string of the molecule is COC(=O)c1c(N)c2ccc(C(F)(F)F)nc2n(-c2cnc(N)cc2C)c1=O. The summed E-state index contributed by atoms with van der Waals surface area (Å²) in [7, 11) is 1.05. The Balaban J connectivity index is 2.54. The fourth-order valence-electron chi connectivity index (χ4n) is 2.77. The molecule has 4 N–H and O–H groups in total. The van der Waals surface area contributed by atoms with Crippen molar-refractivity contribution < 1.29 is 22.7 Å². The van der Waals surface area contributed by atoms with Crippen LogP contribution in [-0.4, -0.2) is 27.6 Å². The average molecular weight is 393 g/mol. The molecule has 0 amide bonds. The number of nitrogens with two attached hydrogens (primary N) is 2. The first-order valence-corrected chi connectivity index (χ1v) is 7.79. The molecule has 3 rings (SSSR count). The number of aromatic nitrogens is 3. The van der Waals surface area contributed by atoms with E-state index in [1.54, 1.807) is 6.92 Å². The number of halogens is 3. The molecule has 0 fully saturated rings. The quantitative estimate of drug-likeness (QED) is 0.638. The predicted molar refractivity (Wildman–Crippen MR) is 95.0 cm³/mol. The first-order valence-electron chi connectivity index (χ1n) is 7.79. The van der Waals surface area contributed by atoms with Crippen LogP contribution in [0.1, 0.15) is 21.6 Å². The Morgan fingerprint density at radius 3 is 2.50 bits per heavy atom. The maximum atomic E-state index is 13.2. The molecule has 11 heteroatoms. The second-order valence-corrected chi connectivity index (χ2v) is 5.88. The van der Waals surface area contributed by atoms with E-state index in [0.29, 0.717) is 11.6 Å². The lowest BCUT2D eigenvalue weighted by atomic mass is 10.1. The highest BCUT2D eigenvalue weighted by Gasteiger charge is 2.34. The molecule has 28 heavy (non-hydrogen) atoms. The number of rotatable bonds is 2. The van der Waals surface area contributed by atoms with Crippen molar-refractivity contribution in [3.8, 4) is 5.69 Å². The third-order valence-corrected chi connectivity index (χ3v) is 4.09. The molecule has 0 aliphatic rings. The van der Waals surface area contributed by atoms with Crippen molar-refractivity contribution in [1.82, 2.24) is 14.5 Å². The third kappa shape index (κ3) is 3.00. The van der Waals surface area contributed by atoms with E-state index in [1.807, 2.05) is 0 Å². The highest BCUT2D eigenvalue weighted by molar-refractivity contribution is 6.03. The van der Waals surface area contributed by atoms with Gasteiger partial charge in [0.15, 0.2) is 0 Å². The van der Waals surface area contributed by atoms with Gasteiger partial charge in [-0.15, -0.1) is 0 Å². The number of esters is 1. The van der Waals surface area contributed by atoms with Crippen LogP contribution < -0.4 is 17.0 Å². The van der Waals surface area contributed by atoms with Gasteiger partial charge in [0.25, 0.3) is 5.56 Å². The zero-order valence-corrected chi connectivity index (χ0v) is 14.7. The van der Waals surface area contributed by atoms with E-state index in [9.17, 15) is 22.8 Å². The smallest absolute Gasteiger partial charge is 0.433 e. The number of aryl methyl sites for hydroxylation is 1. The van der Waals surface area contributed by atoms with Gasteiger partial charge < -0.3 is 16.2 Å². The molecule has 3 aromatic rings. The van der Waals surface area contributed by atoms with Gasteiger partial charge in [-0.05, 0) is 30.7 Å². The highest BCUT2D eigenvalue weighted by Crippen LogP contribution is 2.31. The fraction of sp³-hybridized carbons (Fsp3) is 0.176. The van der Waals surface area contributed by atoms with Crippen LogP contribution in [-0.2, 0) is 10.9 Å². The number of carbonyl (C=O) groups excluding carboxylic acids is 1. The topological polar surface area (TPSA) is 126 Å². The van der Waals surface area contributed by atoms with E-state index in [2.05, 4.69) is 14.7 Å². The monoisotopic (exact) mass is 393 g/mol. The summed E-state index contributed by atoms with van der Waals surface area (Å²) >= 11 is 0. The van der Waals surface area contributed by atoms with Crippen molar-refractivity contribution >= 4 is 28.5 Å². The molecule has 0 aliphatic carbocycles. The van der Waals surface area contributed by atoms with E-state index < -0.39 is 29.0 Å². The maximum Gasteiger partial charge on any atom is 0.433 e. The van der Waals surface area contributed by atoms with Gasteiger partial charge in [-0.25, -0.2) is 14.8 Å². The molecular weight excluding hydrogens is 379 g/mol. The zero-order chi connectivity index (χ0) is 20.8. The first-order chi connectivity index (χ1) is 13.1. The van der Waals surface area contributed by atoms with E-state index in [1.165, 1.54) is 12.3 Å². The largest absolute Gasteiger partial charge is 0.465 e. The Morgan fingerprint density at radius 2 is 1.93 bits per heavy atom. The van der Waals surface area contributed by atoms with E-state index >= 15 is 0 Å². The summed E-state index contributed by atoms with van der Waals surface area (Å²) in [6.07, 6.45) is -3.55. The highest BCUT2D eigenvalue weighted by atomic mass is 19.4. The van der Waals surface area contributed by atoms with Crippen LogP contribution in [0.15, 0.2) is 29.2 Å². The Kier molecular flexibility index (Phi) is 4.45. The van der Waals surface area contributed by atoms with Crippen LogP contribution >= 0.6 is 0 Å². The van der Waals surface area contributed by atoms with Crippen LogP contribution in [0.4, 0.5) is 24.7 Å². The molecule has 3 heterocycles. The maximum absolute atomic E-state index is 13.2. The van der Waals surface area contributed by atoms with Crippen molar-refractivity contribution in [2.75, 3.05) is 18.6 Å². The molecule has 0 aliphatic heterocycles. The Bertz CT molecular complexity index is 1170. The van der Waals surface area contributed by atoms with Gasteiger partial charge in [0.2, 0.25) is 0 Å². The minimum Gasteiger partial charge on any atom is -0.465 e. The summed E-state index contributed by atoms with van der Waals surface area (Å²) in [5.41, 5.74) is 8.59. The van der Waals surface area contributed by atoms with E-state index in [-0.39, 0.29) is 28.2 Å². The molecule has 0 spiro atoms. The minimum absolute atomic E-state index is 0.0239. The lowest BCUT2D eigenvalue weighted by molar-refractivity contribution is -0.141. The molecule has 0 aromatic carbocycles. The number of hydrogen-bond donors (Lipinski definition) is 2. The van der Waals surface area contributed by atoms with Gasteiger partial charge in [0.05, 0.1) is 24.7 Å². The lowest BCUT2D eigenvalue weighted by Gasteiger charge is -2.17. The standard InChI is InChI=1S/C17H14F3N5O3/c1-7-5-11(21)23-6-9(7)25-14-8(3-4-10(24-14)17(18,19)20)13(22)12(15(25)26)16(27)28-2/h3-6H,22H2,1-2H3,(H2,21,23). The molecular formula is C17H14F3N5O3. The minimum atomic E-state index is -4.75. The zero-order valence-electron chi connectivity index (χ0n) is 14.7. The second-order valence-electron chi connectivity index (χ2n) is 5.88. The molecule has 0 saturated carbocycles. The number of alkyl halides is 3. The number of anilines is 2. The van der Waals surface area contributed by atoms with Crippen LogP contribution in [0.25, 0.3) is 16.7 Å². The molecule has 0 unspecified atom stereocenters. The van der Waals surface area contributed by atoms with Gasteiger partial charge >= 0.3 is 12.1 Å². The molecule has 0 radical (unpaired) electrons. The first kappa shape index (κ1) is 19.1. The fourth-order valence-corrected chi connectivity index (χ4v) is 2.77. The Labute approximate surface area is 155 Å². The Hall–Kier alpha value is -3.63. The van der Waals surface area contributed by atoms with Crippen LogP contribution in [0.5, 0.6) is 0 Å². The molecule has 3 aromatic heterocycles. The molecule has 0 atom stereocenters. The Morgan fingerprint density at radius 1 is 1.25 bits per heavy atom. The van der Waals surface area contributed by atoms with Gasteiger partial charge in [0.1, 0.15) is 22.7 Å². The van der Waals surface area contributed by atoms with Crippen molar-refractivity contribution in [3.05, 3.63) is 51.6 Å². The van der Waals surface area contributed by atoms with E-state index in [0.717, 1.165) is 17.7 Å². The number of carbonyl (C=O) groups is 1. The summed E-state index contributed by atoms with van der Waals surface area (Å²) in [5, 5.41) is -0.0239. The molecule has 0 saturated heterocycles. The van der Waals surface area contributed by atoms with Crippen molar-refractivity contribution in [1.29, 1.82) is 0 Å². The number of nitrogens with zero attached hydrogens (tertiary/aromatic N) is 3. The van der Waals surface area contributed by atoms with Crippen LogP contribution in [0, 0.1) is 6.92 Å². The molecule has 0 bridgehead atoms. The summed E-state index contributed by atoms with van der Waals surface area (Å²) < 4.78 is 44.9. The van der Waals surface area contributed by atoms with Gasteiger partial charge in [-0.3, -0.25) is 9.36 Å². The van der Waals surface area contributed by atoms with Crippen molar-refractivity contribution in [2.45, 2.75) is 13.1 Å². The predicted octanol–water partition coefficient (Wildman–Crippen LogP) is 2.06. The molecule has 8 nitrogen and oxygen atoms in total. The van der Waals surface area contributed by atoms with E-state index in [4.69, 9.17) is 11.5 Å². The average Bonchev–Trinajstić information content (AvgIpc) is 2.62. The number of fused-ring (bicyclic) bond motifs is 1. The number of methoxy groups -OCH3 is 1. The van der Waals surface area contributed by atoms with Gasteiger partial charge in [-0.1, -0.05) is 0 Å². The summed E-state index contributed by atoms with van der Waals surface area (Å²) in [4.78, 5) is 32.6. The van der Waals surface area contributed by atoms with Crippen LogP contribution in [0.3, 0.4) is 0 Å². The number of nitrogen functional groups attached to an aromatic ring is 2. The number of ether oxygens (including phenoxy) is 1. The summed E-state index contributed by atoms with van der Waals surface area (Å²) in [5.74, 6) is -0.884. The van der Waals surface area contributed by atoms with Gasteiger partial charge in [0, 0.05) is 5.39 Å².